The van der Waals surface area contributed by atoms with Gasteiger partial charge >= 0.3 is 0 Å². The van der Waals surface area contributed by atoms with Crippen molar-refractivity contribution in [3.05, 3.63) is 54.1 Å². The minimum absolute atomic E-state index is 0.224. The van der Waals surface area contributed by atoms with Crippen molar-refractivity contribution in [1.29, 1.82) is 0 Å². The molecule has 0 heterocycles. The Kier molecular flexibility index (Phi) is 6.08. The Morgan fingerprint density at radius 1 is 0.960 bits per heavy atom. The second-order valence-corrected chi connectivity index (χ2v) is 8.11. The molecule has 0 aliphatic carbocycles. The molecule has 0 spiro atoms. The van der Waals surface area contributed by atoms with Gasteiger partial charge in [0.2, 0.25) is 10.0 Å². The Morgan fingerprint density at radius 3 is 2.04 bits per heavy atom. The highest BCUT2D eigenvalue weighted by Crippen LogP contribution is 2.25. The lowest BCUT2D eigenvalue weighted by Gasteiger charge is -2.25. The summed E-state index contributed by atoms with van der Waals surface area (Å²) in [5.74, 6) is 1.43. The maximum atomic E-state index is 12.5. The van der Waals surface area contributed by atoms with E-state index in [1.54, 1.807) is 31.4 Å². The van der Waals surface area contributed by atoms with E-state index < -0.39 is 10.0 Å². The fraction of sp³-hybridized carbons (Fsp3) is 0.368. The largest absolute Gasteiger partial charge is 0.497 e. The fourth-order valence-electron chi connectivity index (χ4n) is 2.38. The summed E-state index contributed by atoms with van der Waals surface area (Å²) in [7, 11) is -1.96. The molecular formula is C19H25NO4S. The number of hydrogen-bond acceptors (Lipinski definition) is 4. The van der Waals surface area contributed by atoms with Gasteiger partial charge in [0, 0.05) is 12.0 Å². The van der Waals surface area contributed by atoms with Gasteiger partial charge in [-0.25, -0.2) is 13.1 Å². The average Bonchev–Trinajstić information content (AvgIpc) is 2.61. The summed E-state index contributed by atoms with van der Waals surface area (Å²) in [6.07, 6.45) is 0. The van der Waals surface area contributed by atoms with E-state index in [4.69, 9.17) is 9.47 Å². The highest BCUT2D eigenvalue weighted by molar-refractivity contribution is 7.89. The zero-order chi connectivity index (χ0) is 18.5. The van der Waals surface area contributed by atoms with E-state index in [0.717, 1.165) is 11.3 Å². The van der Waals surface area contributed by atoms with Gasteiger partial charge in [0.15, 0.2) is 0 Å². The van der Waals surface area contributed by atoms with Crippen LogP contribution in [0.4, 0.5) is 0 Å². The number of nitrogens with one attached hydrogen (secondary N) is 1. The number of rotatable bonds is 8. The Labute approximate surface area is 150 Å². The molecule has 6 heteroatoms. The lowest BCUT2D eigenvalue weighted by Crippen LogP contribution is -2.36. The number of ether oxygens (including phenoxy) is 2. The Morgan fingerprint density at radius 2 is 1.52 bits per heavy atom. The van der Waals surface area contributed by atoms with Crippen LogP contribution < -0.4 is 14.2 Å². The molecule has 0 radical (unpaired) electrons. The molecule has 0 fully saturated rings. The molecule has 5 nitrogen and oxygen atoms in total. The summed E-state index contributed by atoms with van der Waals surface area (Å²) >= 11 is 0. The number of benzene rings is 2. The average molecular weight is 363 g/mol. The van der Waals surface area contributed by atoms with E-state index in [-0.39, 0.29) is 16.9 Å². The fourth-order valence-corrected chi connectivity index (χ4v) is 3.60. The smallest absolute Gasteiger partial charge is 0.240 e. The molecule has 0 aromatic heterocycles. The molecule has 2 aromatic carbocycles. The molecule has 1 N–H and O–H groups in total. The van der Waals surface area contributed by atoms with Gasteiger partial charge < -0.3 is 9.47 Å². The maximum absolute atomic E-state index is 12.5. The van der Waals surface area contributed by atoms with Crippen LogP contribution in [0.3, 0.4) is 0 Å². The normalized spacial score (nSPS) is 12.0. The third-order valence-corrected chi connectivity index (χ3v) is 5.44. The van der Waals surface area contributed by atoms with Gasteiger partial charge in [0.05, 0.1) is 18.6 Å². The summed E-state index contributed by atoms with van der Waals surface area (Å²) in [6.45, 7) is 6.70. The molecule has 136 valence electrons. The molecule has 0 unspecified atom stereocenters. The third kappa shape index (κ3) is 4.96. The van der Waals surface area contributed by atoms with Crippen molar-refractivity contribution in [2.75, 3.05) is 20.3 Å². The van der Waals surface area contributed by atoms with E-state index in [1.807, 2.05) is 45.0 Å². The summed E-state index contributed by atoms with van der Waals surface area (Å²) in [4.78, 5) is 0.224. The predicted octanol–water partition coefficient (Wildman–Crippen LogP) is 3.35. The quantitative estimate of drug-likeness (QED) is 0.781. The second-order valence-electron chi connectivity index (χ2n) is 6.34. The van der Waals surface area contributed by atoms with Crippen molar-refractivity contribution >= 4 is 10.0 Å². The van der Waals surface area contributed by atoms with Crippen LogP contribution in [0.15, 0.2) is 53.4 Å². The molecule has 0 bridgehead atoms. The first-order valence-electron chi connectivity index (χ1n) is 8.15. The van der Waals surface area contributed by atoms with Crippen LogP contribution >= 0.6 is 0 Å². The maximum Gasteiger partial charge on any atom is 0.240 e. The van der Waals surface area contributed by atoms with Crippen LogP contribution in [0.1, 0.15) is 26.3 Å². The lowest BCUT2D eigenvalue weighted by molar-refractivity contribution is 0.340. The Balaban J connectivity index is 2.08. The first-order chi connectivity index (χ1) is 11.8. The number of sulfonamides is 1. The molecule has 0 aliphatic rings. The van der Waals surface area contributed by atoms with Crippen molar-refractivity contribution < 1.29 is 17.9 Å². The lowest BCUT2D eigenvalue weighted by atomic mass is 9.85. The zero-order valence-corrected chi connectivity index (χ0v) is 15.9. The van der Waals surface area contributed by atoms with Crippen LogP contribution in [-0.2, 0) is 15.4 Å². The second kappa shape index (κ2) is 7.89. The van der Waals surface area contributed by atoms with Gasteiger partial charge in [-0.1, -0.05) is 26.0 Å². The first-order valence-corrected chi connectivity index (χ1v) is 9.64. The van der Waals surface area contributed by atoms with Crippen molar-refractivity contribution in [2.24, 2.45) is 0 Å². The van der Waals surface area contributed by atoms with E-state index in [9.17, 15) is 8.42 Å². The van der Waals surface area contributed by atoms with Crippen molar-refractivity contribution in [2.45, 2.75) is 31.1 Å². The molecule has 0 aliphatic heterocycles. The van der Waals surface area contributed by atoms with Gasteiger partial charge in [-0.3, -0.25) is 0 Å². The Bertz CT molecular complexity index is 781. The summed E-state index contributed by atoms with van der Waals surface area (Å²) in [5, 5.41) is 0. The van der Waals surface area contributed by atoms with Crippen molar-refractivity contribution in [1.82, 2.24) is 4.72 Å². The van der Waals surface area contributed by atoms with E-state index in [0.29, 0.717) is 12.4 Å². The molecule has 2 rings (SSSR count). The van der Waals surface area contributed by atoms with E-state index in [2.05, 4.69) is 4.72 Å². The summed E-state index contributed by atoms with van der Waals surface area (Å²) in [5.41, 5.74) is 0.674. The van der Waals surface area contributed by atoms with Gasteiger partial charge in [0.1, 0.15) is 11.5 Å². The SMILES string of the molecule is CCOc1ccc(S(=O)(=O)NCC(C)(C)c2ccc(OC)cc2)cc1. The molecule has 0 amide bonds. The number of methoxy groups -OCH3 is 1. The molecule has 25 heavy (non-hydrogen) atoms. The van der Waals surface area contributed by atoms with Crippen LogP contribution in [0, 0.1) is 0 Å². The molecule has 0 saturated carbocycles. The van der Waals surface area contributed by atoms with Gasteiger partial charge in [0.25, 0.3) is 0 Å². The predicted molar refractivity (Wildman–Crippen MR) is 98.8 cm³/mol. The highest BCUT2D eigenvalue weighted by Gasteiger charge is 2.24. The van der Waals surface area contributed by atoms with Crippen molar-refractivity contribution in [3.63, 3.8) is 0 Å². The minimum atomic E-state index is -3.58. The molecule has 2 aromatic rings. The van der Waals surface area contributed by atoms with Gasteiger partial charge in [-0.15, -0.1) is 0 Å². The zero-order valence-electron chi connectivity index (χ0n) is 15.1. The molecular weight excluding hydrogens is 338 g/mol. The Hall–Kier alpha value is -2.05. The molecule has 0 atom stereocenters. The third-order valence-electron chi connectivity index (χ3n) is 4.02. The monoisotopic (exact) mass is 363 g/mol. The van der Waals surface area contributed by atoms with Crippen LogP contribution in [0.25, 0.3) is 0 Å². The minimum Gasteiger partial charge on any atom is -0.497 e. The van der Waals surface area contributed by atoms with Gasteiger partial charge in [-0.2, -0.15) is 0 Å². The summed E-state index contributed by atoms with van der Waals surface area (Å²) < 4.78 is 38.2. The summed E-state index contributed by atoms with van der Waals surface area (Å²) in [6, 6.07) is 14.1. The van der Waals surface area contributed by atoms with E-state index in [1.165, 1.54) is 0 Å². The number of hydrogen-bond donors (Lipinski definition) is 1. The van der Waals surface area contributed by atoms with Crippen LogP contribution in [-0.4, -0.2) is 28.7 Å². The van der Waals surface area contributed by atoms with Gasteiger partial charge in [-0.05, 0) is 48.9 Å². The van der Waals surface area contributed by atoms with Crippen LogP contribution in [0.5, 0.6) is 11.5 Å². The first kappa shape index (κ1) is 19.3. The van der Waals surface area contributed by atoms with Crippen LogP contribution in [0.2, 0.25) is 0 Å². The molecule has 0 saturated heterocycles. The highest BCUT2D eigenvalue weighted by atomic mass is 32.2. The topological polar surface area (TPSA) is 64.6 Å². The standard InChI is InChI=1S/C19H25NO4S/c1-5-24-17-10-12-18(13-11-17)25(21,22)20-14-19(2,3)15-6-8-16(23-4)9-7-15/h6-13,20H,5,14H2,1-4H3. The van der Waals surface area contributed by atoms with Crippen molar-refractivity contribution in [3.8, 4) is 11.5 Å². The van der Waals surface area contributed by atoms with E-state index >= 15 is 0 Å².